The maximum Gasteiger partial charge on any atom is 0.445 e. The van der Waals surface area contributed by atoms with E-state index in [9.17, 15) is 35.1 Å². The molecule has 0 nitrogen and oxygen atoms in total. The van der Waals surface area contributed by atoms with Gasteiger partial charge in [-0.05, 0) is 33.1 Å². The van der Waals surface area contributed by atoms with Gasteiger partial charge >= 0.3 is 12.4 Å². The highest BCUT2D eigenvalue weighted by Gasteiger charge is 2.44. The van der Waals surface area contributed by atoms with Gasteiger partial charge in [-0.15, -0.1) is 11.8 Å². The molecule has 0 aliphatic heterocycles. The largest absolute Gasteiger partial charge is 0.445 e. The Morgan fingerprint density at radius 1 is 0.513 bits per heavy atom. The standard InChI is InChI=1S/C28H28F10S/c1-25(2,3)17-11-7-15(8-12-17)21(19(29)23(31)27(33,34)35)39-22(20(30)24(32)28(36,37)38)16-9-13-18(14-10-16)26(4,5)6/h7-14,21-22H,1-6H3. The van der Waals surface area contributed by atoms with Gasteiger partial charge in [0.05, 0.1) is 10.5 Å². The average molecular weight is 587 g/mol. The van der Waals surface area contributed by atoms with E-state index in [0.717, 1.165) is 0 Å². The van der Waals surface area contributed by atoms with Gasteiger partial charge in [0.25, 0.3) is 0 Å². The van der Waals surface area contributed by atoms with Gasteiger partial charge in [-0.25, -0.2) is 8.78 Å². The summed E-state index contributed by atoms with van der Waals surface area (Å²) < 4.78 is 137. The summed E-state index contributed by atoms with van der Waals surface area (Å²) in [5, 5.41) is -4.53. The molecule has 11 heteroatoms. The van der Waals surface area contributed by atoms with Crippen molar-refractivity contribution in [3.8, 4) is 0 Å². The van der Waals surface area contributed by atoms with Crippen LogP contribution in [0.1, 0.15) is 74.3 Å². The summed E-state index contributed by atoms with van der Waals surface area (Å²) >= 11 is -0.118. The van der Waals surface area contributed by atoms with Crippen LogP contribution in [0.2, 0.25) is 0 Å². The molecule has 0 N–H and O–H groups in total. The molecule has 0 spiro atoms. The highest BCUT2D eigenvalue weighted by Crippen LogP contribution is 2.52. The Bertz CT molecular complexity index is 1090. The smallest absolute Gasteiger partial charge is 0.207 e. The van der Waals surface area contributed by atoms with Crippen LogP contribution in [-0.2, 0) is 10.8 Å². The van der Waals surface area contributed by atoms with Crippen molar-refractivity contribution in [3.05, 3.63) is 94.1 Å². The number of halogens is 10. The Morgan fingerprint density at radius 2 is 0.769 bits per heavy atom. The molecule has 0 amide bonds. The van der Waals surface area contributed by atoms with E-state index < -0.39 is 57.0 Å². The highest BCUT2D eigenvalue weighted by molar-refractivity contribution is 8.00. The first-order valence-electron chi connectivity index (χ1n) is 11.7. The van der Waals surface area contributed by atoms with Crippen LogP contribution in [0.5, 0.6) is 0 Å². The number of thioether (sulfide) groups is 1. The third-order valence-corrected chi connectivity index (χ3v) is 7.31. The highest BCUT2D eigenvalue weighted by atomic mass is 32.2. The van der Waals surface area contributed by atoms with Crippen LogP contribution in [-0.4, -0.2) is 12.4 Å². The van der Waals surface area contributed by atoms with Gasteiger partial charge in [0.1, 0.15) is 0 Å². The zero-order valence-corrected chi connectivity index (χ0v) is 22.8. The first-order chi connectivity index (χ1) is 17.5. The van der Waals surface area contributed by atoms with E-state index in [2.05, 4.69) is 0 Å². The molecule has 2 atom stereocenters. The Morgan fingerprint density at radius 3 is 0.974 bits per heavy atom. The zero-order valence-electron chi connectivity index (χ0n) is 22.0. The topological polar surface area (TPSA) is 0 Å². The lowest BCUT2D eigenvalue weighted by atomic mass is 9.86. The summed E-state index contributed by atoms with van der Waals surface area (Å²) in [4.78, 5) is 0. The number of alkyl halides is 6. The molecule has 0 saturated heterocycles. The zero-order chi connectivity index (χ0) is 30.1. The molecule has 0 aliphatic carbocycles. The number of allylic oxidation sites excluding steroid dienone is 2. The minimum atomic E-state index is -5.76. The van der Waals surface area contributed by atoms with Crippen molar-refractivity contribution < 1.29 is 43.9 Å². The van der Waals surface area contributed by atoms with E-state index in [1.165, 1.54) is 48.5 Å². The molecular formula is C28H28F10S. The first-order valence-corrected chi connectivity index (χ1v) is 12.6. The van der Waals surface area contributed by atoms with Gasteiger partial charge in [-0.3, -0.25) is 0 Å². The lowest BCUT2D eigenvalue weighted by molar-refractivity contribution is -0.112. The van der Waals surface area contributed by atoms with Crippen molar-refractivity contribution in [1.82, 2.24) is 0 Å². The summed E-state index contributed by atoms with van der Waals surface area (Å²) in [6, 6.07) is 10.4. The molecule has 2 aromatic carbocycles. The van der Waals surface area contributed by atoms with Crippen LogP contribution in [0.25, 0.3) is 0 Å². The summed E-state index contributed by atoms with van der Waals surface area (Å²) in [6.45, 7) is 10.9. The third-order valence-electron chi connectivity index (χ3n) is 5.81. The lowest BCUT2D eigenvalue weighted by Crippen LogP contribution is -2.15. The predicted molar refractivity (Wildman–Crippen MR) is 134 cm³/mol. The van der Waals surface area contributed by atoms with Crippen LogP contribution < -0.4 is 0 Å². The molecule has 2 aromatic rings. The summed E-state index contributed by atoms with van der Waals surface area (Å²) in [5.74, 6) is -11.0. The van der Waals surface area contributed by atoms with E-state index in [0.29, 0.717) is 11.1 Å². The second kappa shape index (κ2) is 11.6. The molecule has 0 radical (unpaired) electrons. The van der Waals surface area contributed by atoms with Crippen molar-refractivity contribution in [1.29, 1.82) is 0 Å². The predicted octanol–water partition coefficient (Wildman–Crippen LogP) is 11.2. The summed E-state index contributed by atoms with van der Waals surface area (Å²) in [7, 11) is 0. The minimum absolute atomic E-state index is 0.118. The fourth-order valence-corrected chi connectivity index (χ4v) is 4.87. The molecule has 0 bridgehead atoms. The van der Waals surface area contributed by atoms with Gasteiger partial charge in [0, 0.05) is 0 Å². The molecule has 216 valence electrons. The average Bonchev–Trinajstić information content (AvgIpc) is 2.81. The van der Waals surface area contributed by atoms with Crippen LogP contribution in [0.4, 0.5) is 43.9 Å². The van der Waals surface area contributed by atoms with Crippen LogP contribution in [0, 0.1) is 0 Å². The molecule has 0 aliphatic rings. The van der Waals surface area contributed by atoms with Crippen LogP contribution in [0.3, 0.4) is 0 Å². The van der Waals surface area contributed by atoms with Gasteiger partial charge in [-0.2, -0.15) is 35.1 Å². The Hall–Kier alpha value is -2.43. The fourth-order valence-electron chi connectivity index (χ4n) is 3.52. The van der Waals surface area contributed by atoms with Crippen molar-refractivity contribution in [3.63, 3.8) is 0 Å². The van der Waals surface area contributed by atoms with Crippen molar-refractivity contribution in [2.24, 2.45) is 0 Å². The molecule has 0 aromatic heterocycles. The second-order valence-electron chi connectivity index (χ2n) is 11.0. The number of hydrogen-bond donors (Lipinski definition) is 0. The molecule has 2 rings (SSSR count). The van der Waals surface area contributed by atoms with Gasteiger partial charge in [-0.1, -0.05) is 90.1 Å². The van der Waals surface area contributed by atoms with E-state index in [-0.39, 0.29) is 22.9 Å². The number of benzene rings is 2. The maximum absolute atomic E-state index is 15.1. The molecule has 0 fully saturated rings. The first kappa shape index (κ1) is 32.8. The summed E-state index contributed by atoms with van der Waals surface area (Å²) in [6.07, 6.45) is -11.5. The second-order valence-corrected chi connectivity index (χ2v) is 12.2. The van der Waals surface area contributed by atoms with E-state index >= 15 is 8.78 Å². The lowest BCUT2D eigenvalue weighted by Gasteiger charge is -2.26. The Kier molecular flexibility index (Phi) is 9.74. The molecular weight excluding hydrogens is 558 g/mol. The van der Waals surface area contributed by atoms with E-state index in [4.69, 9.17) is 0 Å². The summed E-state index contributed by atoms with van der Waals surface area (Å²) in [5.41, 5.74) is -0.120. The minimum Gasteiger partial charge on any atom is -0.207 e. The maximum atomic E-state index is 15.1. The molecule has 0 heterocycles. The number of rotatable bonds is 6. The quantitative estimate of drug-likeness (QED) is 0.304. The SMILES string of the molecule is CC(C)(C)c1ccc(C(SC(C(F)=C(F)C(F)(F)F)c2ccc(C(C)(C)C)cc2)C(F)=C(F)C(F)(F)F)cc1. The van der Waals surface area contributed by atoms with Gasteiger partial charge in [0.2, 0.25) is 11.7 Å². The third kappa shape index (κ3) is 8.28. The number of hydrogen-bond acceptors (Lipinski definition) is 1. The van der Waals surface area contributed by atoms with E-state index in [1.54, 1.807) is 0 Å². The van der Waals surface area contributed by atoms with Crippen molar-refractivity contribution >= 4 is 11.8 Å². The van der Waals surface area contributed by atoms with Crippen molar-refractivity contribution in [2.75, 3.05) is 0 Å². The molecule has 39 heavy (non-hydrogen) atoms. The van der Waals surface area contributed by atoms with Crippen LogP contribution >= 0.6 is 11.8 Å². The van der Waals surface area contributed by atoms with Gasteiger partial charge in [0.15, 0.2) is 11.7 Å². The van der Waals surface area contributed by atoms with Gasteiger partial charge < -0.3 is 0 Å². The fraction of sp³-hybridized carbons (Fsp3) is 0.429. The Balaban J connectivity index is 2.77. The molecule has 0 saturated carbocycles. The van der Waals surface area contributed by atoms with E-state index in [1.807, 2.05) is 41.5 Å². The van der Waals surface area contributed by atoms with Crippen LogP contribution in [0.15, 0.2) is 71.8 Å². The van der Waals surface area contributed by atoms with Crippen molar-refractivity contribution in [2.45, 2.75) is 75.2 Å². The Labute approximate surface area is 225 Å². The molecule has 2 unspecified atom stereocenters. The normalized spacial score (nSPS) is 16.4. The monoisotopic (exact) mass is 586 g/mol.